The van der Waals surface area contributed by atoms with Gasteiger partial charge in [-0.2, -0.15) is 5.10 Å². The molecule has 0 aliphatic heterocycles. The number of ether oxygens (including phenoxy) is 1. The SMILES string of the molecule is COc1ccc(Br)cc1-c1nn(C)cc1CN. The van der Waals surface area contributed by atoms with Gasteiger partial charge in [0.05, 0.1) is 7.11 Å². The highest BCUT2D eigenvalue weighted by Gasteiger charge is 2.13. The van der Waals surface area contributed by atoms with Crippen molar-refractivity contribution in [2.45, 2.75) is 6.54 Å². The Kier molecular flexibility index (Phi) is 3.49. The zero-order valence-electron chi connectivity index (χ0n) is 9.77. The number of nitrogens with two attached hydrogens (primary N) is 1. The van der Waals surface area contributed by atoms with Crippen LogP contribution in [0.2, 0.25) is 0 Å². The summed E-state index contributed by atoms with van der Waals surface area (Å²) in [4.78, 5) is 0. The fourth-order valence-corrected chi connectivity index (χ4v) is 2.14. The average molecular weight is 296 g/mol. The fraction of sp³-hybridized carbons (Fsp3) is 0.250. The minimum Gasteiger partial charge on any atom is -0.496 e. The summed E-state index contributed by atoms with van der Waals surface area (Å²) in [5.74, 6) is 0.793. The van der Waals surface area contributed by atoms with Gasteiger partial charge < -0.3 is 10.5 Å². The molecule has 5 heteroatoms. The van der Waals surface area contributed by atoms with Crippen molar-refractivity contribution in [1.82, 2.24) is 9.78 Å². The van der Waals surface area contributed by atoms with Crippen molar-refractivity contribution in [3.63, 3.8) is 0 Å². The summed E-state index contributed by atoms with van der Waals surface area (Å²) < 4.78 is 8.10. The molecule has 0 bridgehead atoms. The number of halogens is 1. The number of nitrogens with zero attached hydrogens (tertiary/aromatic N) is 2. The minimum absolute atomic E-state index is 0.457. The minimum atomic E-state index is 0.457. The fourth-order valence-electron chi connectivity index (χ4n) is 1.78. The lowest BCUT2D eigenvalue weighted by Gasteiger charge is -2.08. The maximum atomic E-state index is 5.73. The molecule has 1 aromatic heterocycles. The summed E-state index contributed by atoms with van der Waals surface area (Å²) in [5.41, 5.74) is 8.54. The van der Waals surface area contributed by atoms with Crippen LogP contribution in [-0.4, -0.2) is 16.9 Å². The van der Waals surface area contributed by atoms with Crippen molar-refractivity contribution in [2.24, 2.45) is 12.8 Å². The van der Waals surface area contributed by atoms with E-state index < -0.39 is 0 Å². The lowest BCUT2D eigenvalue weighted by atomic mass is 10.1. The highest BCUT2D eigenvalue weighted by molar-refractivity contribution is 9.10. The van der Waals surface area contributed by atoms with E-state index in [4.69, 9.17) is 10.5 Å². The van der Waals surface area contributed by atoms with Crippen LogP contribution >= 0.6 is 15.9 Å². The third kappa shape index (κ3) is 2.35. The normalized spacial score (nSPS) is 10.6. The van der Waals surface area contributed by atoms with Crippen molar-refractivity contribution >= 4 is 15.9 Å². The molecule has 17 heavy (non-hydrogen) atoms. The first-order valence-corrected chi connectivity index (χ1v) is 6.01. The molecule has 0 saturated carbocycles. The molecule has 1 heterocycles. The Morgan fingerprint density at radius 2 is 2.24 bits per heavy atom. The molecule has 2 rings (SSSR count). The Bertz CT molecular complexity index is 537. The van der Waals surface area contributed by atoms with Crippen LogP contribution in [0.4, 0.5) is 0 Å². The van der Waals surface area contributed by atoms with Crippen molar-refractivity contribution in [1.29, 1.82) is 0 Å². The van der Waals surface area contributed by atoms with Crippen LogP contribution in [0.1, 0.15) is 5.56 Å². The molecular formula is C12H14BrN3O. The molecule has 0 unspecified atom stereocenters. The van der Waals surface area contributed by atoms with Crippen LogP contribution < -0.4 is 10.5 Å². The van der Waals surface area contributed by atoms with Crippen LogP contribution in [0.25, 0.3) is 11.3 Å². The van der Waals surface area contributed by atoms with E-state index in [0.717, 1.165) is 27.0 Å². The Labute approximate surface area is 109 Å². The molecule has 0 aliphatic rings. The van der Waals surface area contributed by atoms with E-state index in [1.807, 2.05) is 31.4 Å². The number of hydrogen-bond donors (Lipinski definition) is 1. The predicted molar refractivity (Wildman–Crippen MR) is 70.8 cm³/mol. The van der Waals surface area contributed by atoms with Gasteiger partial charge in [0.1, 0.15) is 11.4 Å². The van der Waals surface area contributed by atoms with Gasteiger partial charge in [0.25, 0.3) is 0 Å². The van der Waals surface area contributed by atoms with Gasteiger partial charge in [-0.1, -0.05) is 15.9 Å². The Morgan fingerprint density at radius 1 is 1.47 bits per heavy atom. The van der Waals surface area contributed by atoms with E-state index in [9.17, 15) is 0 Å². The van der Waals surface area contributed by atoms with Crippen LogP contribution in [-0.2, 0) is 13.6 Å². The molecule has 0 fully saturated rings. The molecule has 0 spiro atoms. The number of rotatable bonds is 3. The molecule has 1 aromatic carbocycles. The molecule has 0 aliphatic carbocycles. The summed E-state index contributed by atoms with van der Waals surface area (Å²) in [5, 5.41) is 4.44. The van der Waals surface area contributed by atoms with Gasteiger partial charge in [0.2, 0.25) is 0 Å². The predicted octanol–water partition coefficient (Wildman–Crippen LogP) is 2.32. The van der Waals surface area contributed by atoms with Gasteiger partial charge >= 0.3 is 0 Å². The van der Waals surface area contributed by atoms with Crippen LogP contribution in [0.15, 0.2) is 28.9 Å². The molecule has 2 aromatic rings. The largest absolute Gasteiger partial charge is 0.496 e. The van der Waals surface area contributed by atoms with Gasteiger partial charge in [0.15, 0.2) is 0 Å². The second-order valence-corrected chi connectivity index (χ2v) is 4.64. The maximum Gasteiger partial charge on any atom is 0.128 e. The summed E-state index contributed by atoms with van der Waals surface area (Å²) >= 11 is 3.45. The van der Waals surface area contributed by atoms with Gasteiger partial charge in [-0.3, -0.25) is 4.68 Å². The zero-order chi connectivity index (χ0) is 12.4. The summed E-state index contributed by atoms with van der Waals surface area (Å²) in [6, 6.07) is 5.84. The molecular weight excluding hydrogens is 282 g/mol. The molecule has 0 radical (unpaired) electrons. The van der Waals surface area contributed by atoms with Gasteiger partial charge in [-0.15, -0.1) is 0 Å². The number of aryl methyl sites for hydroxylation is 1. The Hall–Kier alpha value is -1.33. The molecule has 2 N–H and O–H groups in total. The van der Waals surface area contributed by atoms with Crippen molar-refractivity contribution in [2.75, 3.05) is 7.11 Å². The second-order valence-electron chi connectivity index (χ2n) is 3.73. The monoisotopic (exact) mass is 295 g/mol. The highest BCUT2D eigenvalue weighted by Crippen LogP contribution is 2.33. The third-order valence-electron chi connectivity index (χ3n) is 2.54. The second kappa shape index (κ2) is 4.89. The highest BCUT2D eigenvalue weighted by atomic mass is 79.9. The van der Waals surface area contributed by atoms with Crippen LogP contribution in [0.3, 0.4) is 0 Å². The first-order chi connectivity index (χ1) is 8.15. The van der Waals surface area contributed by atoms with Crippen molar-refractivity contribution in [3.8, 4) is 17.0 Å². The van der Waals surface area contributed by atoms with E-state index in [2.05, 4.69) is 21.0 Å². The standard InChI is InChI=1S/C12H14BrN3O/c1-16-7-8(6-14)12(15-16)10-5-9(13)3-4-11(10)17-2/h3-5,7H,6,14H2,1-2H3. The van der Waals surface area contributed by atoms with E-state index in [-0.39, 0.29) is 0 Å². The topological polar surface area (TPSA) is 53.1 Å². The van der Waals surface area contributed by atoms with E-state index >= 15 is 0 Å². The Balaban J connectivity index is 2.61. The van der Waals surface area contributed by atoms with Gasteiger partial charge in [-0.25, -0.2) is 0 Å². The first-order valence-electron chi connectivity index (χ1n) is 5.22. The Morgan fingerprint density at radius 3 is 2.88 bits per heavy atom. The van der Waals surface area contributed by atoms with Gasteiger partial charge in [0, 0.05) is 35.4 Å². The third-order valence-corrected chi connectivity index (χ3v) is 3.03. The maximum absolute atomic E-state index is 5.73. The van der Waals surface area contributed by atoms with Crippen molar-refractivity contribution < 1.29 is 4.74 Å². The molecule has 0 saturated heterocycles. The zero-order valence-corrected chi connectivity index (χ0v) is 11.4. The van der Waals surface area contributed by atoms with Crippen LogP contribution in [0.5, 0.6) is 5.75 Å². The number of benzene rings is 1. The van der Waals surface area contributed by atoms with E-state index in [1.54, 1.807) is 11.8 Å². The smallest absolute Gasteiger partial charge is 0.128 e. The van der Waals surface area contributed by atoms with Crippen molar-refractivity contribution in [3.05, 3.63) is 34.4 Å². The molecule has 4 nitrogen and oxygen atoms in total. The summed E-state index contributed by atoms with van der Waals surface area (Å²) in [7, 11) is 3.53. The molecule has 0 amide bonds. The lowest BCUT2D eigenvalue weighted by molar-refractivity contribution is 0.416. The lowest BCUT2D eigenvalue weighted by Crippen LogP contribution is -1.97. The number of hydrogen-bond acceptors (Lipinski definition) is 3. The van der Waals surface area contributed by atoms with Crippen LogP contribution in [0, 0.1) is 0 Å². The average Bonchev–Trinajstić information content (AvgIpc) is 2.70. The summed E-state index contributed by atoms with van der Waals surface area (Å²) in [6.07, 6.45) is 1.93. The number of aromatic nitrogens is 2. The molecule has 0 atom stereocenters. The van der Waals surface area contributed by atoms with E-state index in [1.165, 1.54) is 0 Å². The summed E-state index contributed by atoms with van der Waals surface area (Å²) in [6.45, 7) is 0.457. The first kappa shape index (κ1) is 12.1. The van der Waals surface area contributed by atoms with E-state index in [0.29, 0.717) is 6.54 Å². The number of methoxy groups -OCH3 is 1. The quantitative estimate of drug-likeness (QED) is 0.945. The van der Waals surface area contributed by atoms with Gasteiger partial charge in [-0.05, 0) is 18.2 Å². The molecule has 90 valence electrons.